The summed E-state index contributed by atoms with van der Waals surface area (Å²) >= 11 is 0. The van der Waals surface area contributed by atoms with Crippen molar-refractivity contribution in [3.63, 3.8) is 0 Å². The molecule has 84 valence electrons. The third-order valence-electron chi connectivity index (χ3n) is 1.93. The summed E-state index contributed by atoms with van der Waals surface area (Å²) in [6.07, 6.45) is 2.70. The molecule has 6 heteroatoms. The monoisotopic (exact) mass is 230 g/mol. The van der Waals surface area contributed by atoms with Crippen LogP contribution in [-0.2, 0) is 0 Å². The maximum Gasteiger partial charge on any atom is 0.256 e. The molecule has 0 unspecified atom stereocenters. The number of ether oxygens (including phenoxy) is 1. The van der Waals surface area contributed by atoms with Gasteiger partial charge in [-0.05, 0) is 12.1 Å². The number of nitriles is 1. The fourth-order valence-corrected chi connectivity index (χ4v) is 1.18. The molecule has 0 bridgehead atoms. The summed E-state index contributed by atoms with van der Waals surface area (Å²) < 4.78 is 18.6. The van der Waals surface area contributed by atoms with Crippen molar-refractivity contribution in [2.75, 3.05) is 5.73 Å². The topological polar surface area (TPSA) is 84.8 Å². The van der Waals surface area contributed by atoms with Gasteiger partial charge in [0.2, 0.25) is 5.69 Å². The van der Waals surface area contributed by atoms with E-state index in [1.807, 2.05) is 0 Å². The third-order valence-corrected chi connectivity index (χ3v) is 1.93. The van der Waals surface area contributed by atoms with E-state index in [2.05, 4.69) is 9.97 Å². The van der Waals surface area contributed by atoms with Crippen LogP contribution in [0.25, 0.3) is 0 Å². The molecule has 0 amide bonds. The molecule has 1 heterocycles. The number of aromatic nitrogens is 2. The van der Waals surface area contributed by atoms with Gasteiger partial charge in [0, 0.05) is 24.1 Å². The fourth-order valence-electron chi connectivity index (χ4n) is 1.18. The van der Waals surface area contributed by atoms with E-state index in [1.54, 1.807) is 6.07 Å². The SMILES string of the molecule is N#Cc1nccnc1Oc1ccc(N)cc1F. The molecule has 0 saturated carbocycles. The van der Waals surface area contributed by atoms with E-state index in [0.29, 0.717) is 0 Å². The van der Waals surface area contributed by atoms with Gasteiger partial charge < -0.3 is 10.5 Å². The van der Waals surface area contributed by atoms with Crippen LogP contribution in [0.15, 0.2) is 30.6 Å². The van der Waals surface area contributed by atoms with Crippen molar-refractivity contribution < 1.29 is 9.13 Å². The van der Waals surface area contributed by atoms with Crippen LogP contribution >= 0.6 is 0 Å². The average molecular weight is 230 g/mol. The largest absolute Gasteiger partial charge is 0.433 e. The molecule has 17 heavy (non-hydrogen) atoms. The lowest BCUT2D eigenvalue weighted by Gasteiger charge is -2.06. The van der Waals surface area contributed by atoms with Crippen LogP contribution < -0.4 is 10.5 Å². The predicted molar refractivity (Wildman–Crippen MR) is 57.6 cm³/mol. The van der Waals surface area contributed by atoms with Crippen molar-refractivity contribution >= 4 is 5.69 Å². The number of anilines is 1. The first-order valence-electron chi connectivity index (χ1n) is 4.64. The molecule has 0 aliphatic carbocycles. The molecule has 0 spiro atoms. The van der Waals surface area contributed by atoms with E-state index in [4.69, 9.17) is 15.7 Å². The molecule has 0 fully saturated rings. The van der Waals surface area contributed by atoms with Crippen LogP contribution in [0.3, 0.4) is 0 Å². The second-order valence-electron chi connectivity index (χ2n) is 3.11. The number of hydrogen-bond donors (Lipinski definition) is 1. The number of nitrogens with zero attached hydrogens (tertiary/aromatic N) is 3. The normalized spacial score (nSPS) is 9.65. The summed E-state index contributed by atoms with van der Waals surface area (Å²) in [4.78, 5) is 7.55. The zero-order chi connectivity index (χ0) is 12.3. The minimum absolute atomic E-state index is 0.0104. The zero-order valence-electron chi connectivity index (χ0n) is 8.59. The van der Waals surface area contributed by atoms with Crippen molar-refractivity contribution in [2.45, 2.75) is 0 Å². The standard InChI is InChI=1S/C11H7FN4O/c12-8-5-7(14)1-2-10(8)17-11-9(6-13)15-3-4-16-11/h1-5H,14H2. The number of nitrogens with two attached hydrogens (primary N) is 1. The highest BCUT2D eigenvalue weighted by molar-refractivity contribution is 5.44. The molecule has 0 aliphatic heterocycles. The van der Waals surface area contributed by atoms with Gasteiger partial charge in [-0.25, -0.2) is 14.4 Å². The lowest BCUT2D eigenvalue weighted by atomic mass is 10.3. The van der Waals surface area contributed by atoms with Crippen molar-refractivity contribution in [1.29, 1.82) is 5.26 Å². The summed E-state index contributed by atoms with van der Waals surface area (Å²) in [5.74, 6) is -0.727. The first-order valence-corrected chi connectivity index (χ1v) is 4.64. The molecule has 5 nitrogen and oxygen atoms in total. The summed E-state index contributed by atoms with van der Waals surface area (Å²) in [6, 6.07) is 5.77. The van der Waals surface area contributed by atoms with E-state index < -0.39 is 5.82 Å². The average Bonchev–Trinajstić information content (AvgIpc) is 2.33. The van der Waals surface area contributed by atoms with Gasteiger partial charge in [0.25, 0.3) is 5.88 Å². The first-order chi connectivity index (χ1) is 8.20. The Hall–Kier alpha value is -2.68. The van der Waals surface area contributed by atoms with Crippen molar-refractivity contribution in [3.8, 4) is 17.7 Å². The molecular formula is C11H7FN4O. The number of benzene rings is 1. The van der Waals surface area contributed by atoms with Crippen LogP contribution in [0, 0.1) is 17.1 Å². The summed E-state index contributed by atoms with van der Waals surface area (Å²) in [6.45, 7) is 0. The highest BCUT2D eigenvalue weighted by atomic mass is 19.1. The molecule has 1 aromatic carbocycles. The molecule has 0 atom stereocenters. The second kappa shape index (κ2) is 4.45. The quantitative estimate of drug-likeness (QED) is 0.796. The Kier molecular flexibility index (Phi) is 2.83. The van der Waals surface area contributed by atoms with Gasteiger partial charge >= 0.3 is 0 Å². The molecule has 0 radical (unpaired) electrons. The Morgan fingerprint density at radius 2 is 2.06 bits per heavy atom. The molecule has 0 aliphatic rings. The Morgan fingerprint density at radius 3 is 2.76 bits per heavy atom. The number of halogens is 1. The van der Waals surface area contributed by atoms with Gasteiger partial charge in [-0.15, -0.1) is 0 Å². The van der Waals surface area contributed by atoms with Crippen molar-refractivity contribution in [3.05, 3.63) is 42.1 Å². The Labute approximate surface area is 96.3 Å². The summed E-state index contributed by atoms with van der Waals surface area (Å²) in [5, 5.41) is 8.76. The fraction of sp³-hybridized carbons (Fsp3) is 0. The van der Waals surface area contributed by atoms with Crippen LogP contribution in [0.1, 0.15) is 5.69 Å². The summed E-state index contributed by atoms with van der Waals surface area (Å²) in [5.41, 5.74) is 5.68. The molecular weight excluding hydrogens is 223 g/mol. The van der Waals surface area contributed by atoms with Gasteiger partial charge in [-0.1, -0.05) is 0 Å². The van der Waals surface area contributed by atoms with E-state index in [9.17, 15) is 4.39 Å². The lowest BCUT2D eigenvalue weighted by molar-refractivity contribution is 0.424. The minimum atomic E-state index is -0.625. The number of nitrogen functional groups attached to an aromatic ring is 1. The van der Waals surface area contributed by atoms with E-state index in [-0.39, 0.29) is 23.0 Å². The highest BCUT2D eigenvalue weighted by Crippen LogP contribution is 2.25. The van der Waals surface area contributed by atoms with Crippen LogP contribution in [0.4, 0.5) is 10.1 Å². The van der Waals surface area contributed by atoms with E-state index >= 15 is 0 Å². The molecule has 2 N–H and O–H groups in total. The van der Waals surface area contributed by atoms with Crippen molar-refractivity contribution in [2.24, 2.45) is 0 Å². The first kappa shape index (κ1) is 10.8. The van der Waals surface area contributed by atoms with Gasteiger partial charge in [-0.2, -0.15) is 5.26 Å². The maximum absolute atomic E-state index is 13.4. The number of hydrogen-bond acceptors (Lipinski definition) is 5. The van der Waals surface area contributed by atoms with Gasteiger partial charge in [0.15, 0.2) is 11.6 Å². The van der Waals surface area contributed by atoms with Crippen LogP contribution in [0.5, 0.6) is 11.6 Å². The van der Waals surface area contributed by atoms with Crippen molar-refractivity contribution in [1.82, 2.24) is 9.97 Å². The molecule has 1 aromatic heterocycles. The molecule has 2 aromatic rings. The Balaban J connectivity index is 2.35. The molecule has 2 rings (SSSR count). The minimum Gasteiger partial charge on any atom is -0.433 e. The van der Waals surface area contributed by atoms with Crippen LogP contribution in [-0.4, -0.2) is 9.97 Å². The molecule has 0 saturated heterocycles. The Morgan fingerprint density at radius 1 is 1.29 bits per heavy atom. The van der Waals surface area contributed by atoms with E-state index in [1.165, 1.54) is 24.5 Å². The summed E-state index contributed by atoms with van der Waals surface area (Å²) in [7, 11) is 0. The smallest absolute Gasteiger partial charge is 0.256 e. The predicted octanol–water partition coefficient (Wildman–Crippen LogP) is 1.86. The maximum atomic E-state index is 13.4. The van der Waals surface area contributed by atoms with Crippen LogP contribution in [0.2, 0.25) is 0 Å². The van der Waals surface area contributed by atoms with E-state index in [0.717, 1.165) is 6.07 Å². The van der Waals surface area contributed by atoms with Gasteiger partial charge in [0.05, 0.1) is 0 Å². The zero-order valence-corrected chi connectivity index (χ0v) is 8.59. The number of rotatable bonds is 2. The Bertz CT molecular complexity index is 594. The van der Waals surface area contributed by atoms with Gasteiger partial charge in [-0.3, -0.25) is 0 Å². The van der Waals surface area contributed by atoms with Gasteiger partial charge in [0.1, 0.15) is 6.07 Å². The second-order valence-corrected chi connectivity index (χ2v) is 3.11. The lowest BCUT2D eigenvalue weighted by Crippen LogP contribution is -1.96. The third kappa shape index (κ3) is 2.29. The highest BCUT2D eigenvalue weighted by Gasteiger charge is 2.10.